The molecule has 0 radical (unpaired) electrons. The highest BCUT2D eigenvalue weighted by Gasteiger charge is 2.40. The van der Waals surface area contributed by atoms with Gasteiger partial charge in [0.25, 0.3) is 0 Å². The predicted octanol–water partition coefficient (Wildman–Crippen LogP) is 5.92. The Morgan fingerprint density at radius 2 is 1.59 bits per heavy atom. The second-order valence-corrected chi connectivity index (χ2v) is 7.77. The van der Waals surface area contributed by atoms with Gasteiger partial charge in [-0.25, -0.2) is 0 Å². The summed E-state index contributed by atoms with van der Waals surface area (Å²) in [7, 11) is 0. The lowest BCUT2D eigenvalue weighted by Crippen LogP contribution is -2.22. The van der Waals surface area contributed by atoms with Crippen LogP contribution in [0.3, 0.4) is 0 Å². The molecular weight excluding hydrogens is 330 g/mol. The van der Waals surface area contributed by atoms with Gasteiger partial charge in [0.2, 0.25) is 0 Å². The monoisotopic (exact) mass is 351 g/mol. The van der Waals surface area contributed by atoms with E-state index in [0.717, 1.165) is 23.2 Å². The second-order valence-electron chi connectivity index (χ2n) is 7.77. The fourth-order valence-electron chi connectivity index (χ4n) is 4.58. The smallest absolute Gasteiger partial charge is 0.164 e. The molecule has 1 aliphatic carbocycles. The molecule has 3 aromatic carbocycles. The van der Waals surface area contributed by atoms with Gasteiger partial charge in [-0.1, -0.05) is 79.7 Å². The van der Waals surface area contributed by atoms with Crippen LogP contribution >= 0.6 is 0 Å². The first-order valence-electron chi connectivity index (χ1n) is 9.43. The van der Waals surface area contributed by atoms with Crippen LogP contribution in [-0.4, -0.2) is 10.8 Å². The van der Waals surface area contributed by atoms with Crippen LogP contribution in [0.4, 0.5) is 0 Å². The Kier molecular flexibility index (Phi) is 3.54. The molecule has 0 amide bonds. The van der Waals surface area contributed by atoms with Gasteiger partial charge in [-0.2, -0.15) is 0 Å². The summed E-state index contributed by atoms with van der Waals surface area (Å²) < 4.78 is 0. The zero-order valence-electron chi connectivity index (χ0n) is 15.3. The molecule has 0 saturated carbocycles. The molecule has 0 aliphatic heterocycles. The topological polar surface area (TPSA) is 32.9 Å². The van der Waals surface area contributed by atoms with Gasteiger partial charge in [0.1, 0.15) is 0 Å². The highest BCUT2D eigenvalue weighted by molar-refractivity contribution is 6.02. The van der Waals surface area contributed by atoms with Crippen molar-refractivity contribution < 1.29 is 4.79 Å². The van der Waals surface area contributed by atoms with E-state index < -0.39 is 0 Å². The van der Waals surface area contributed by atoms with Gasteiger partial charge in [0.05, 0.1) is 0 Å². The summed E-state index contributed by atoms with van der Waals surface area (Å²) in [5, 5.41) is 1.24. The fourth-order valence-corrected chi connectivity index (χ4v) is 4.58. The number of hydrogen-bond donors (Lipinski definition) is 1. The number of Topliss-reactive ketones (excluding diaryl/α,β-unsaturated/α-hetero) is 1. The quantitative estimate of drug-likeness (QED) is 0.488. The van der Waals surface area contributed by atoms with E-state index in [0.29, 0.717) is 6.42 Å². The third-order valence-electron chi connectivity index (χ3n) is 5.87. The van der Waals surface area contributed by atoms with Crippen molar-refractivity contribution in [2.75, 3.05) is 0 Å². The van der Waals surface area contributed by atoms with E-state index in [-0.39, 0.29) is 11.2 Å². The number of nitrogens with one attached hydrogen (secondary N) is 1. The van der Waals surface area contributed by atoms with Gasteiger partial charge in [0, 0.05) is 34.0 Å². The number of fused-ring (bicyclic) bond motifs is 2. The molecule has 2 nitrogen and oxygen atoms in total. The van der Waals surface area contributed by atoms with Crippen LogP contribution in [0.2, 0.25) is 0 Å². The number of aromatic amines is 1. The lowest BCUT2D eigenvalue weighted by molar-refractivity contribution is 0.0976. The minimum atomic E-state index is -0.178. The van der Waals surface area contributed by atoms with Crippen molar-refractivity contribution in [1.82, 2.24) is 4.98 Å². The molecule has 0 bridgehead atoms. The van der Waals surface area contributed by atoms with Gasteiger partial charge < -0.3 is 4.98 Å². The summed E-state index contributed by atoms with van der Waals surface area (Å²) in [4.78, 5) is 16.2. The van der Waals surface area contributed by atoms with Crippen molar-refractivity contribution in [1.29, 1.82) is 0 Å². The highest BCUT2D eigenvalue weighted by atomic mass is 16.1. The van der Waals surface area contributed by atoms with Crippen molar-refractivity contribution in [3.05, 3.63) is 95.6 Å². The van der Waals surface area contributed by atoms with Gasteiger partial charge >= 0.3 is 0 Å². The zero-order chi connectivity index (χ0) is 18.4. The van der Waals surface area contributed by atoms with Crippen LogP contribution in [0.15, 0.2) is 78.9 Å². The average molecular weight is 351 g/mol. The first-order valence-corrected chi connectivity index (χ1v) is 9.43. The summed E-state index contributed by atoms with van der Waals surface area (Å²) in [5.41, 5.74) is 6.68. The Labute approximate surface area is 158 Å². The largest absolute Gasteiger partial charge is 0.354 e. The minimum Gasteiger partial charge on any atom is -0.354 e. The number of hydrogen-bond acceptors (Lipinski definition) is 1. The number of carbonyl (C=O) groups is 1. The maximum atomic E-state index is 12.6. The Morgan fingerprint density at radius 1 is 0.889 bits per heavy atom. The molecule has 0 spiro atoms. The van der Waals surface area contributed by atoms with Crippen LogP contribution in [0.1, 0.15) is 34.8 Å². The maximum absolute atomic E-state index is 12.6. The summed E-state index contributed by atoms with van der Waals surface area (Å²) >= 11 is 0. The normalized spacial score (nSPS) is 18.8. The van der Waals surface area contributed by atoms with Gasteiger partial charge in [0.15, 0.2) is 5.78 Å². The number of ketones is 1. The average Bonchev–Trinajstić information content (AvgIpc) is 3.19. The molecule has 0 saturated heterocycles. The summed E-state index contributed by atoms with van der Waals surface area (Å²) in [6.07, 6.45) is 1.41. The second kappa shape index (κ2) is 5.95. The first-order chi connectivity index (χ1) is 13.2. The number of H-pyrrole nitrogens is 1. The van der Waals surface area contributed by atoms with Gasteiger partial charge in [-0.3, -0.25) is 4.79 Å². The van der Waals surface area contributed by atoms with E-state index in [1.807, 2.05) is 24.3 Å². The Balaban J connectivity index is 1.69. The maximum Gasteiger partial charge on any atom is 0.164 e. The van der Waals surface area contributed by atoms with Gasteiger partial charge in [-0.15, -0.1) is 0 Å². The molecule has 2 heteroatoms. The Morgan fingerprint density at radius 3 is 2.44 bits per heavy atom. The molecule has 1 aromatic heterocycles. The summed E-state index contributed by atoms with van der Waals surface area (Å²) in [5.74, 6) is 0.259. The van der Waals surface area contributed by atoms with E-state index in [1.54, 1.807) is 0 Å². The fraction of sp³-hybridized carbons (Fsp3) is 0.160. The van der Waals surface area contributed by atoms with Crippen LogP contribution < -0.4 is 0 Å². The van der Waals surface area contributed by atoms with Crippen molar-refractivity contribution in [3.8, 4) is 11.3 Å². The molecule has 5 rings (SSSR count). The van der Waals surface area contributed by atoms with Crippen molar-refractivity contribution in [2.45, 2.75) is 25.2 Å². The number of carbonyl (C=O) groups excluding carboxylic acids is 1. The minimum absolute atomic E-state index is 0.178. The number of benzene rings is 3. The van der Waals surface area contributed by atoms with Crippen LogP contribution in [-0.2, 0) is 11.8 Å². The number of rotatable bonds is 3. The van der Waals surface area contributed by atoms with E-state index in [9.17, 15) is 4.79 Å². The van der Waals surface area contributed by atoms with Crippen LogP contribution in [0, 0.1) is 0 Å². The molecule has 1 heterocycles. The molecule has 27 heavy (non-hydrogen) atoms. The van der Waals surface area contributed by atoms with Crippen molar-refractivity contribution >= 4 is 16.7 Å². The first kappa shape index (κ1) is 16.1. The SMILES string of the molecule is CC1(Cc2c(-c3ccccc3)[nH]c3ccccc23)CC(=O)c2ccccc21. The Bertz CT molecular complexity index is 1160. The van der Waals surface area contributed by atoms with E-state index in [4.69, 9.17) is 0 Å². The number of para-hydroxylation sites is 1. The third kappa shape index (κ3) is 2.52. The molecule has 1 atom stereocenters. The predicted molar refractivity (Wildman–Crippen MR) is 110 cm³/mol. The van der Waals surface area contributed by atoms with Gasteiger partial charge in [-0.05, 0) is 29.2 Å². The Hall–Kier alpha value is -3.13. The molecule has 4 aromatic rings. The molecule has 0 fully saturated rings. The standard InChI is InChI=1S/C25H21NO/c1-25(16-23(27)19-12-5-7-13-21(19)25)15-20-18-11-6-8-14-22(18)26-24(20)17-9-3-2-4-10-17/h2-14,26H,15-16H2,1H3. The molecule has 1 unspecified atom stereocenters. The van der Waals surface area contributed by atoms with E-state index in [2.05, 4.69) is 66.5 Å². The van der Waals surface area contributed by atoms with Crippen molar-refractivity contribution in [3.63, 3.8) is 0 Å². The van der Waals surface area contributed by atoms with Crippen molar-refractivity contribution in [2.24, 2.45) is 0 Å². The van der Waals surface area contributed by atoms with E-state index in [1.165, 1.54) is 22.1 Å². The molecule has 132 valence electrons. The lowest BCUT2D eigenvalue weighted by atomic mass is 9.77. The summed E-state index contributed by atoms with van der Waals surface area (Å²) in [6, 6.07) is 27.0. The zero-order valence-corrected chi connectivity index (χ0v) is 15.3. The summed E-state index contributed by atoms with van der Waals surface area (Å²) in [6.45, 7) is 2.23. The van der Waals surface area contributed by atoms with E-state index >= 15 is 0 Å². The number of aromatic nitrogens is 1. The molecule has 1 N–H and O–H groups in total. The highest BCUT2D eigenvalue weighted by Crippen LogP contribution is 2.44. The lowest BCUT2D eigenvalue weighted by Gasteiger charge is -2.25. The van der Waals surface area contributed by atoms with Crippen LogP contribution in [0.5, 0.6) is 0 Å². The molecule has 1 aliphatic rings. The van der Waals surface area contributed by atoms with Crippen LogP contribution in [0.25, 0.3) is 22.2 Å². The molecular formula is C25H21NO. The third-order valence-corrected chi connectivity index (χ3v) is 5.87.